The molecule has 55 heavy (non-hydrogen) atoms. The highest BCUT2D eigenvalue weighted by molar-refractivity contribution is 5.86. The van der Waals surface area contributed by atoms with Crippen molar-refractivity contribution in [3.8, 4) is 67.4 Å². The van der Waals surface area contributed by atoms with Crippen LogP contribution >= 0.6 is 0 Å². The van der Waals surface area contributed by atoms with Crippen molar-refractivity contribution in [2.75, 3.05) is 0 Å². The Bertz CT molecular complexity index is 2660. The fourth-order valence-corrected chi connectivity index (χ4v) is 8.26. The molecule has 0 radical (unpaired) electrons. The fourth-order valence-electron chi connectivity index (χ4n) is 8.26. The summed E-state index contributed by atoms with van der Waals surface area (Å²) in [6.45, 7) is 0. The summed E-state index contributed by atoms with van der Waals surface area (Å²) in [5.41, 5.74) is 16.4. The van der Waals surface area contributed by atoms with Crippen molar-refractivity contribution >= 4 is 0 Å². The second-order valence-corrected chi connectivity index (χ2v) is 14.0. The van der Waals surface area contributed by atoms with Crippen molar-refractivity contribution < 1.29 is 0 Å². The Morgan fingerprint density at radius 1 is 0.309 bits per heavy atom. The monoisotopic (exact) mass is 701 g/mol. The molecule has 3 heteroatoms. The molecule has 1 aliphatic rings. The number of benzene rings is 7. The lowest BCUT2D eigenvalue weighted by Crippen LogP contribution is -2.28. The van der Waals surface area contributed by atoms with Crippen LogP contribution in [0.2, 0.25) is 0 Å². The van der Waals surface area contributed by atoms with E-state index in [2.05, 4.69) is 163 Å². The molecule has 0 unspecified atom stereocenters. The molecule has 0 aliphatic heterocycles. The molecule has 2 aromatic heterocycles. The molecule has 2 heterocycles. The summed E-state index contributed by atoms with van der Waals surface area (Å²) in [4.78, 5) is 14.7. The molecule has 0 atom stereocenters. The van der Waals surface area contributed by atoms with E-state index in [0.29, 0.717) is 5.82 Å². The normalized spacial score (nSPS) is 12.5. The molecule has 0 fully saturated rings. The number of nitrogens with zero attached hydrogens (tertiary/aromatic N) is 3. The lowest BCUT2D eigenvalue weighted by atomic mass is 9.67. The van der Waals surface area contributed by atoms with E-state index in [4.69, 9.17) is 9.97 Å². The lowest BCUT2D eigenvalue weighted by Gasteiger charge is -2.34. The van der Waals surface area contributed by atoms with Crippen molar-refractivity contribution in [3.63, 3.8) is 0 Å². The first-order valence-corrected chi connectivity index (χ1v) is 18.7. The number of aromatic nitrogens is 3. The molecule has 7 aromatic carbocycles. The Morgan fingerprint density at radius 3 is 1.24 bits per heavy atom. The second kappa shape index (κ2) is 13.6. The smallest absolute Gasteiger partial charge is 0.160 e. The average Bonchev–Trinajstić information content (AvgIpc) is 3.58. The highest BCUT2D eigenvalue weighted by atomic mass is 14.9. The van der Waals surface area contributed by atoms with E-state index < -0.39 is 5.41 Å². The highest BCUT2D eigenvalue weighted by Crippen LogP contribution is 2.56. The number of fused-ring (bicyclic) bond motifs is 3. The summed E-state index contributed by atoms with van der Waals surface area (Å²) in [7, 11) is 0. The van der Waals surface area contributed by atoms with Gasteiger partial charge in [-0.15, -0.1) is 0 Å². The van der Waals surface area contributed by atoms with E-state index in [-0.39, 0.29) is 0 Å². The van der Waals surface area contributed by atoms with Crippen LogP contribution < -0.4 is 0 Å². The van der Waals surface area contributed by atoms with Gasteiger partial charge in [-0.05, 0) is 62.7 Å². The molecular weight excluding hydrogens is 667 g/mol. The summed E-state index contributed by atoms with van der Waals surface area (Å²) in [5, 5.41) is 0. The van der Waals surface area contributed by atoms with E-state index in [1.165, 1.54) is 33.4 Å². The zero-order valence-corrected chi connectivity index (χ0v) is 30.0. The topological polar surface area (TPSA) is 38.7 Å². The average molecular weight is 702 g/mol. The SMILES string of the molecule is c1ccc(-c2cc(-c3ccccc3)nc(-c3ccc(-c4ccc(C5(c6ccc(-c7ccccn7)cc6)c6ccccc6-c6ccccc65)cc4)cc3)n2)cc1. The van der Waals surface area contributed by atoms with Crippen LogP contribution in [0.4, 0.5) is 0 Å². The van der Waals surface area contributed by atoms with Crippen LogP contribution in [0.5, 0.6) is 0 Å². The van der Waals surface area contributed by atoms with Gasteiger partial charge in [-0.25, -0.2) is 9.97 Å². The Balaban J connectivity index is 1.04. The maximum Gasteiger partial charge on any atom is 0.160 e. The van der Waals surface area contributed by atoms with Crippen molar-refractivity contribution in [2.45, 2.75) is 5.41 Å². The summed E-state index contributed by atoms with van der Waals surface area (Å²) in [6.07, 6.45) is 1.85. The van der Waals surface area contributed by atoms with E-state index in [1.54, 1.807) is 0 Å². The van der Waals surface area contributed by atoms with Gasteiger partial charge in [0.25, 0.3) is 0 Å². The number of hydrogen-bond donors (Lipinski definition) is 0. The third-order valence-corrected chi connectivity index (χ3v) is 10.9. The first-order valence-electron chi connectivity index (χ1n) is 18.7. The summed E-state index contributed by atoms with van der Waals surface area (Å²) < 4.78 is 0. The number of rotatable bonds is 7. The second-order valence-electron chi connectivity index (χ2n) is 14.0. The van der Waals surface area contributed by atoms with Gasteiger partial charge in [-0.1, -0.05) is 188 Å². The van der Waals surface area contributed by atoms with Crippen LogP contribution in [0.25, 0.3) is 67.4 Å². The molecule has 0 saturated heterocycles. The first-order chi connectivity index (χ1) is 27.3. The van der Waals surface area contributed by atoms with Crippen LogP contribution in [-0.2, 0) is 5.41 Å². The molecule has 3 nitrogen and oxygen atoms in total. The van der Waals surface area contributed by atoms with Gasteiger partial charge in [0.2, 0.25) is 0 Å². The summed E-state index contributed by atoms with van der Waals surface area (Å²) in [6, 6.07) is 73.3. The maximum absolute atomic E-state index is 5.04. The largest absolute Gasteiger partial charge is 0.256 e. The first kappa shape index (κ1) is 32.4. The molecule has 258 valence electrons. The van der Waals surface area contributed by atoms with Gasteiger partial charge < -0.3 is 0 Å². The zero-order chi connectivity index (χ0) is 36.6. The standard InChI is InChI=1S/C52H35N3/c1-3-13-38(14-4-1)49-35-50(39-15-5-2-6-16-39)55-51(54-49)41-24-22-36(23-25-41)37-26-30-42(31-27-37)52(43-32-28-40(29-33-43)48-21-11-12-34-53-48)46-19-9-7-17-44(46)45-18-8-10-20-47(45)52/h1-35H. The minimum atomic E-state index is -0.476. The van der Waals surface area contributed by atoms with Crippen LogP contribution in [0, 0.1) is 0 Å². The minimum Gasteiger partial charge on any atom is -0.256 e. The molecule has 0 saturated carbocycles. The van der Waals surface area contributed by atoms with Crippen molar-refractivity contribution in [3.05, 3.63) is 235 Å². The van der Waals surface area contributed by atoms with Crippen molar-refractivity contribution in [1.29, 1.82) is 0 Å². The Labute approximate surface area is 321 Å². The van der Waals surface area contributed by atoms with E-state index in [0.717, 1.165) is 50.5 Å². The number of pyridine rings is 1. The van der Waals surface area contributed by atoms with Gasteiger partial charge in [0.15, 0.2) is 5.82 Å². The predicted octanol–water partition coefficient (Wildman–Crippen LogP) is 12.6. The lowest BCUT2D eigenvalue weighted by molar-refractivity contribution is 0.769. The highest BCUT2D eigenvalue weighted by Gasteiger charge is 2.45. The molecule has 0 amide bonds. The van der Waals surface area contributed by atoms with E-state index >= 15 is 0 Å². The predicted molar refractivity (Wildman–Crippen MR) is 224 cm³/mol. The molecular formula is C52H35N3. The quantitative estimate of drug-likeness (QED) is 0.166. The molecule has 10 rings (SSSR count). The Hall–Kier alpha value is -7.23. The van der Waals surface area contributed by atoms with Gasteiger partial charge in [-0.3, -0.25) is 4.98 Å². The molecule has 1 aliphatic carbocycles. The minimum absolute atomic E-state index is 0.476. The fraction of sp³-hybridized carbons (Fsp3) is 0.0192. The molecule has 0 spiro atoms. The van der Waals surface area contributed by atoms with E-state index in [9.17, 15) is 0 Å². The van der Waals surface area contributed by atoms with Gasteiger partial charge in [0.1, 0.15) is 0 Å². The van der Waals surface area contributed by atoms with Crippen LogP contribution in [-0.4, -0.2) is 15.0 Å². The molecule has 0 N–H and O–H groups in total. The van der Waals surface area contributed by atoms with Crippen LogP contribution in [0.3, 0.4) is 0 Å². The van der Waals surface area contributed by atoms with Gasteiger partial charge in [0.05, 0.1) is 22.5 Å². The zero-order valence-electron chi connectivity index (χ0n) is 30.0. The Morgan fingerprint density at radius 2 is 0.727 bits per heavy atom. The van der Waals surface area contributed by atoms with Crippen molar-refractivity contribution in [2.24, 2.45) is 0 Å². The van der Waals surface area contributed by atoms with E-state index in [1.807, 2.05) is 54.7 Å². The third-order valence-electron chi connectivity index (χ3n) is 10.9. The number of hydrogen-bond acceptors (Lipinski definition) is 3. The summed E-state index contributed by atoms with van der Waals surface area (Å²) >= 11 is 0. The summed E-state index contributed by atoms with van der Waals surface area (Å²) in [5.74, 6) is 0.705. The van der Waals surface area contributed by atoms with Crippen LogP contribution in [0.15, 0.2) is 212 Å². The molecule has 0 bridgehead atoms. The Kier molecular flexibility index (Phi) is 8.04. The van der Waals surface area contributed by atoms with Crippen molar-refractivity contribution in [1.82, 2.24) is 15.0 Å². The van der Waals surface area contributed by atoms with Crippen LogP contribution in [0.1, 0.15) is 22.3 Å². The molecule has 9 aromatic rings. The van der Waals surface area contributed by atoms with Gasteiger partial charge in [-0.2, -0.15) is 0 Å². The van der Waals surface area contributed by atoms with Gasteiger partial charge in [0, 0.05) is 28.5 Å². The maximum atomic E-state index is 5.04. The third kappa shape index (κ3) is 5.65. The van der Waals surface area contributed by atoms with Gasteiger partial charge >= 0.3 is 0 Å².